The van der Waals surface area contributed by atoms with Crippen LogP contribution in [0.15, 0.2) is 10.7 Å². The molecular weight excluding hydrogens is 291 g/mol. The van der Waals surface area contributed by atoms with Gasteiger partial charge in [0.1, 0.15) is 15.9 Å². The van der Waals surface area contributed by atoms with Gasteiger partial charge >= 0.3 is 5.97 Å². The maximum Gasteiger partial charge on any atom is 0.341 e. The van der Waals surface area contributed by atoms with E-state index in [0.29, 0.717) is 6.07 Å². The van der Waals surface area contributed by atoms with Crippen LogP contribution < -0.4 is 0 Å². The number of nitrogens with zero attached hydrogens (tertiary/aromatic N) is 1. The van der Waals surface area contributed by atoms with Crippen molar-refractivity contribution in [2.24, 2.45) is 0 Å². The van der Waals surface area contributed by atoms with Crippen LogP contribution in [0.3, 0.4) is 0 Å². The number of ether oxygens (including phenoxy) is 1. The zero-order valence-electron chi connectivity index (χ0n) is 8.14. The zero-order valence-corrected chi connectivity index (χ0v) is 9.72. The molecule has 1 aromatic rings. The van der Waals surface area contributed by atoms with Crippen molar-refractivity contribution in [2.75, 3.05) is 6.61 Å². The van der Waals surface area contributed by atoms with Crippen LogP contribution in [0.1, 0.15) is 29.4 Å². The van der Waals surface area contributed by atoms with Crippen LogP contribution in [0, 0.1) is 5.82 Å². The highest BCUT2D eigenvalue weighted by atomic mass is 79.9. The van der Waals surface area contributed by atoms with E-state index in [9.17, 15) is 18.0 Å². The van der Waals surface area contributed by atoms with Crippen molar-refractivity contribution in [3.05, 3.63) is 27.7 Å². The minimum atomic E-state index is -2.88. The Labute approximate surface area is 97.8 Å². The van der Waals surface area contributed by atoms with Crippen molar-refractivity contribution in [3.8, 4) is 0 Å². The molecule has 7 heteroatoms. The van der Waals surface area contributed by atoms with Crippen molar-refractivity contribution < 1.29 is 22.7 Å². The summed E-state index contributed by atoms with van der Waals surface area (Å²) in [4.78, 5) is 14.5. The number of hydrogen-bond acceptors (Lipinski definition) is 3. The molecule has 0 aliphatic rings. The number of esters is 1. The maximum absolute atomic E-state index is 13.4. The van der Waals surface area contributed by atoms with Gasteiger partial charge in [0.2, 0.25) is 0 Å². The summed E-state index contributed by atoms with van der Waals surface area (Å²) in [5.74, 6) is -2.01. The molecule has 0 unspecified atom stereocenters. The molecule has 1 rings (SSSR count). The Morgan fingerprint density at radius 3 is 2.75 bits per heavy atom. The van der Waals surface area contributed by atoms with Crippen molar-refractivity contribution in [3.63, 3.8) is 0 Å². The van der Waals surface area contributed by atoms with Gasteiger partial charge in [-0.15, -0.1) is 0 Å². The summed E-state index contributed by atoms with van der Waals surface area (Å²) in [6.07, 6.45) is -2.88. The second kappa shape index (κ2) is 5.29. The first kappa shape index (κ1) is 13.0. The summed E-state index contributed by atoms with van der Waals surface area (Å²) in [7, 11) is 0. The van der Waals surface area contributed by atoms with Gasteiger partial charge in [-0.1, -0.05) is 0 Å². The molecule has 0 fully saturated rings. The van der Waals surface area contributed by atoms with Crippen LogP contribution in [0.4, 0.5) is 13.2 Å². The molecule has 0 saturated heterocycles. The first-order valence-corrected chi connectivity index (χ1v) is 5.07. The lowest BCUT2D eigenvalue weighted by atomic mass is 10.2. The number of aromatic nitrogens is 1. The number of carbonyl (C=O) groups excluding carboxylic acids is 1. The van der Waals surface area contributed by atoms with Gasteiger partial charge in [0.15, 0.2) is 5.82 Å². The summed E-state index contributed by atoms with van der Waals surface area (Å²) in [6.45, 7) is 1.56. The number of rotatable bonds is 3. The van der Waals surface area contributed by atoms with E-state index >= 15 is 0 Å². The Bertz CT molecular complexity index is 412. The molecule has 0 aromatic carbocycles. The lowest BCUT2D eigenvalue weighted by Gasteiger charge is -2.06. The van der Waals surface area contributed by atoms with Crippen LogP contribution in [0.25, 0.3) is 0 Å². The average molecular weight is 298 g/mol. The fourth-order valence-electron chi connectivity index (χ4n) is 0.986. The van der Waals surface area contributed by atoms with Gasteiger partial charge in [0.25, 0.3) is 6.43 Å². The second-order valence-corrected chi connectivity index (χ2v) is 3.47. The lowest BCUT2D eigenvalue weighted by molar-refractivity contribution is 0.0520. The summed E-state index contributed by atoms with van der Waals surface area (Å²) in [5, 5.41) is 0. The fraction of sp³-hybridized carbons (Fsp3) is 0.333. The fourth-order valence-corrected chi connectivity index (χ4v) is 1.40. The Hall–Kier alpha value is -1.11. The molecule has 0 aliphatic carbocycles. The smallest absolute Gasteiger partial charge is 0.341 e. The molecule has 0 radical (unpaired) electrons. The third-order valence-electron chi connectivity index (χ3n) is 1.66. The highest BCUT2D eigenvalue weighted by Gasteiger charge is 2.21. The summed E-state index contributed by atoms with van der Waals surface area (Å²) in [6, 6.07) is 0.683. The Morgan fingerprint density at radius 2 is 2.25 bits per heavy atom. The summed E-state index contributed by atoms with van der Waals surface area (Å²) < 4.78 is 42.2. The summed E-state index contributed by atoms with van der Waals surface area (Å²) >= 11 is 2.66. The van der Waals surface area contributed by atoms with Crippen LogP contribution in [0.2, 0.25) is 0 Å². The number of alkyl halides is 2. The Balaban J connectivity index is 3.21. The molecule has 1 heterocycles. The zero-order chi connectivity index (χ0) is 12.3. The van der Waals surface area contributed by atoms with Gasteiger partial charge in [0.05, 0.1) is 6.61 Å². The van der Waals surface area contributed by atoms with E-state index in [1.54, 1.807) is 0 Å². The molecule has 16 heavy (non-hydrogen) atoms. The molecule has 0 aliphatic heterocycles. The minimum Gasteiger partial charge on any atom is -0.462 e. The van der Waals surface area contributed by atoms with Gasteiger partial charge in [-0.05, 0) is 28.9 Å². The molecule has 0 spiro atoms. The normalized spacial score (nSPS) is 10.6. The monoisotopic (exact) mass is 297 g/mol. The van der Waals surface area contributed by atoms with Crippen LogP contribution in [0.5, 0.6) is 0 Å². The number of carbonyl (C=O) groups is 1. The van der Waals surface area contributed by atoms with E-state index in [-0.39, 0.29) is 6.61 Å². The maximum atomic E-state index is 13.4. The number of halogens is 4. The van der Waals surface area contributed by atoms with Gasteiger partial charge < -0.3 is 4.74 Å². The molecule has 0 N–H and O–H groups in total. The molecule has 3 nitrogen and oxygen atoms in total. The van der Waals surface area contributed by atoms with Crippen LogP contribution >= 0.6 is 15.9 Å². The van der Waals surface area contributed by atoms with E-state index in [1.807, 2.05) is 0 Å². The SMILES string of the molecule is CCOC(=O)c1cc(C(F)F)nc(Br)c1F. The van der Waals surface area contributed by atoms with Gasteiger partial charge in [0, 0.05) is 0 Å². The molecule has 0 atom stereocenters. The second-order valence-electron chi connectivity index (χ2n) is 2.72. The standard InChI is InChI=1S/C9H7BrF3NO2/c1-2-16-9(15)4-3-5(8(12)13)14-7(10)6(4)11/h3,8H,2H2,1H3. The van der Waals surface area contributed by atoms with E-state index < -0.39 is 34.1 Å². The first-order valence-electron chi connectivity index (χ1n) is 4.28. The number of hydrogen-bond donors (Lipinski definition) is 0. The minimum absolute atomic E-state index is 0.0300. The van der Waals surface area contributed by atoms with Crippen molar-refractivity contribution >= 4 is 21.9 Å². The van der Waals surface area contributed by atoms with Gasteiger partial charge in [-0.3, -0.25) is 0 Å². The van der Waals surface area contributed by atoms with E-state index in [4.69, 9.17) is 0 Å². The van der Waals surface area contributed by atoms with E-state index in [1.165, 1.54) is 6.92 Å². The van der Waals surface area contributed by atoms with E-state index in [2.05, 4.69) is 25.7 Å². The third kappa shape index (κ3) is 2.72. The molecule has 0 amide bonds. The van der Waals surface area contributed by atoms with E-state index in [0.717, 1.165) is 0 Å². The predicted molar refractivity (Wildman–Crippen MR) is 52.8 cm³/mol. The number of pyridine rings is 1. The highest BCUT2D eigenvalue weighted by Crippen LogP contribution is 2.24. The largest absolute Gasteiger partial charge is 0.462 e. The molecule has 88 valence electrons. The van der Waals surface area contributed by atoms with Gasteiger partial charge in [-0.25, -0.2) is 22.9 Å². The van der Waals surface area contributed by atoms with Crippen molar-refractivity contribution in [1.82, 2.24) is 4.98 Å². The Morgan fingerprint density at radius 1 is 1.62 bits per heavy atom. The van der Waals surface area contributed by atoms with Gasteiger partial charge in [-0.2, -0.15) is 0 Å². The quantitative estimate of drug-likeness (QED) is 0.636. The third-order valence-corrected chi connectivity index (χ3v) is 2.18. The first-order chi connectivity index (χ1) is 7.47. The molecule has 1 aromatic heterocycles. The summed E-state index contributed by atoms with van der Waals surface area (Å²) in [5.41, 5.74) is -1.24. The Kier molecular flexibility index (Phi) is 4.28. The molecular formula is C9H7BrF3NO2. The van der Waals surface area contributed by atoms with Crippen molar-refractivity contribution in [2.45, 2.75) is 13.3 Å². The van der Waals surface area contributed by atoms with Crippen LogP contribution in [-0.4, -0.2) is 17.6 Å². The average Bonchev–Trinajstić information content (AvgIpc) is 2.21. The van der Waals surface area contributed by atoms with Crippen molar-refractivity contribution in [1.29, 1.82) is 0 Å². The molecule has 0 bridgehead atoms. The van der Waals surface area contributed by atoms with Crippen LogP contribution in [-0.2, 0) is 4.74 Å². The predicted octanol–water partition coefficient (Wildman–Crippen LogP) is 3.10. The highest BCUT2D eigenvalue weighted by molar-refractivity contribution is 9.10. The topological polar surface area (TPSA) is 39.2 Å². The lowest BCUT2D eigenvalue weighted by Crippen LogP contribution is -2.10. The molecule has 0 saturated carbocycles.